The van der Waals surface area contributed by atoms with E-state index in [0.29, 0.717) is 17.1 Å². The molecule has 1 aliphatic rings. The van der Waals surface area contributed by atoms with E-state index in [4.69, 9.17) is 13.9 Å². The highest BCUT2D eigenvalue weighted by molar-refractivity contribution is 5.98. The number of halogens is 1. The van der Waals surface area contributed by atoms with Crippen molar-refractivity contribution in [2.75, 3.05) is 21.3 Å². The Morgan fingerprint density at radius 3 is 2.48 bits per heavy atom. The lowest BCUT2D eigenvalue weighted by molar-refractivity contribution is 0.0771. The molecule has 1 aromatic heterocycles. The number of rotatable bonds is 3. The van der Waals surface area contributed by atoms with Crippen LogP contribution in [0, 0.1) is 5.82 Å². The Hall–Kier alpha value is -3.35. The molecule has 0 radical (unpaired) electrons. The molecule has 2 heterocycles. The van der Waals surface area contributed by atoms with Gasteiger partial charge in [-0.25, -0.2) is 4.39 Å². The maximum Gasteiger partial charge on any atom is 0.290 e. The zero-order valence-corrected chi connectivity index (χ0v) is 14.9. The molecule has 0 aliphatic carbocycles. The van der Waals surface area contributed by atoms with E-state index in [-0.39, 0.29) is 22.3 Å². The van der Waals surface area contributed by atoms with Crippen molar-refractivity contribution < 1.29 is 23.1 Å². The molecule has 0 saturated heterocycles. The van der Waals surface area contributed by atoms with Crippen molar-refractivity contribution in [2.45, 2.75) is 6.04 Å². The fourth-order valence-electron chi connectivity index (χ4n) is 3.47. The van der Waals surface area contributed by atoms with Crippen molar-refractivity contribution in [3.05, 3.63) is 69.3 Å². The van der Waals surface area contributed by atoms with Gasteiger partial charge in [0.1, 0.15) is 11.4 Å². The van der Waals surface area contributed by atoms with Crippen LogP contribution in [0.3, 0.4) is 0 Å². The molecule has 3 aromatic rings. The summed E-state index contributed by atoms with van der Waals surface area (Å²) in [5, 5.41) is 0.0994. The van der Waals surface area contributed by atoms with Crippen molar-refractivity contribution in [1.29, 1.82) is 0 Å². The molecule has 6 nitrogen and oxygen atoms in total. The number of carbonyl (C=O) groups is 1. The maximum absolute atomic E-state index is 13.6. The Labute approximate surface area is 153 Å². The molecule has 4 rings (SSSR count). The number of hydrogen-bond acceptors (Lipinski definition) is 5. The van der Waals surface area contributed by atoms with E-state index in [1.165, 1.54) is 31.3 Å². The van der Waals surface area contributed by atoms with E-state index in [9.17, 15) is 14.0 Å². The minimum Gasteiger partial charge on any atom is -0.493 e. The molecule has 0 spiro atoms. The Bertz CT molecular complexity index is 1140. The first-order valence-corrected chi connectivity index (χ1v) is 8.21. The molecule has 2 aromatic carbocycles. The molecule has 0 N–H and O–H groups in total. The molecule has 27 heavy (non-hydrogen) atoms. The van der Waals surface area contributed by atoms with Crippen LogP contribution in [0.15, 0.2) is 45.6 Å². The summed E-state index contributed by atoms with van der Waals surface area (Å²) < 4.78 is 29.9. The van der Waals surface area contributed by atoms with E-state index in [1.807, 2.05) is 0 Å². The van der Waals surface area contributed by atoms with Gasteiger partial charge >= 0.3 is 0 Å². The van der Waals surface area contributed by atoms with Gasteiger partial charge in [-0.05, 0) is 35.9 Å². The molecule has 0 bridgehead atoms. The zero-order chi connectivity index (χ0) is 19.3. The highest BCUT2D eigenvalue weighted by atomic mass is 19.1. The standard InChI is InChI=1S/C20H16FNO5/c1-22-17(10-4-6-14(25-2)15(8-10)26-3)16-18(23)12-9-11(21)5-7-13(12)27-19(16)20(22)24/h4-9,17H,1-3H3. The number of carbonyl (C=O) groups excluding carboxylic acids is 1. The number of fused-ring (bicyclic) bond motifs is 2. The third-order valence-corrected chi connectivity index (χ3v) is 4.79. The highest BCUT2D eigenvalue weighted by Gasteiger charge is 2.41. The minimum absolute atomic E-state index is 0.0265. The summed E-state index contributed by atoms with van der Waals surface area (Å²) in [6, 6.07) is 8.15. The predicted octanol–water partition coefficient (Wildman–Crippen LogP) is 3.12. The summed E-state index contributed by atoms with van der Waals surface area (Å²) in [6.45, 7) is 0. The van der Waals surface area contributed by atoms with Gasteiger partial charge in [-0.2, -0.15) is 0 Å². The van der Waals surface area contributed by atoms with Gasteiger partial charge in [-0.1, -0.05) is 6.07 Å². The van der Waals surface area contributed by atoms with Crippen LogP contribution >= 0.6 is 0 Å². The lowest BCUT2D eigenvalue weighted by Crippen LogP contribution is -2.25. The zero-order valence-electron chi connectivity index (χ0n) is 14.9. The third kappa shape index (κ3) is 2.46. The normalized spacial score (nSPS) is 15.9. The van der Waals surface area contributed by atoms with Crippen LogP contribution in [0.5, 0.6) is 11.5 Å². The second-order valence-corrected chi connectivity index (χ2v) is 6.25. The number of ether oxygens (including phenoxy) is 2. The van der Waals surface area contributed by atoms with E-state index in [1.54, 1.807) is 25.2 Å². The summed E-state index contributed by atoms with van der Waals surface area (Å²) in [6.07, 6.45) is 0. The topological polar surface area (TPSA) is 69.0 Å². The molecule has 1 amide bonds. The number of hydrogen-bond donors (Lipinski definition) is 0. The van der Waals surface area contributed by atoms with E-state index in [0.717, 1.165) is 6.07 Å². The second kappa shape index (κ2) is 6.12. The summed E-state index contributed by atoms with van der Waals surface area (Å²) in [7, 11) is 4.61. The van der Waals surface area contributed by atoms with Crippen LogP contribution < -0.4 is 14.9 Å². The van der Waals surface area contributed by atoms with Crippen molar-refractivity contribution in [3.63, 3.8) is 0 Å². The van der Waals surface area contributed by atoms with Gasteiger partial charge in [-0.3, -0.25) is 9.59 Å². The van der Waals surface area contributed by atoms with Gasteiger partial charge in [0.2, 0.25) is 5.76 Å². The highest BCUT2D eigenvalue weighted by Crippen LogP contribution is 2.39. The number of nitrogens with zero attached hydrogens (tertiary/aromatic N) is 1. The quantitative estimate of drug-likeness (QED) is 0.710. The Kier molecular flexibility index (Phi) is 3.87. The van der Waals surface area contributed by atoms with Gasteiger partial charge < -0.3 is 18.8 Å². The third-order valence-electron chi connectivity index (χ3n) is 4.79. The van der Waals surface area contributed by atoms with Crippen LogP contribution in [0.4, 0.5) is 4.39 Å². The van der Waals surface area contributed by atoms with Crippen LogP contribution in [0.2, 0.25) is 0 Å². The minimum atomic E-state index is -0.670. The van der Waals surface area contributed by atoms with Crippen LogP contribution in [-0.4, -0.2) is 32.1 Å². The molecular weight excluding hydrogens is 353 g/mol. The van der Waals surface area contributed by atoms with Crippen molar-refractivity contribution in [2.24, 2.45) is 0 Å². The van der Waals surface area contributed by atoms with E-state index < -0.39 is 23.2 Å². The monoisotopic (exact) mass is 369 g/mol. The molecule has 1 aliphatic heterocycles. The number of amides is 1. The van der Waals surface area contributed by atoms with E-state index >= 15 is 0 Å². The fraction of sp³-hybridized carbons (Fsp3) is 0.200. The first kappa shape index (κ1) is 17.1. The van der Waals surface area contributed by atoms with E-state index in [2.05, 4.69) is 0 Å². The SMILES string of the molecule is COc1ccc(C2c3c(oc4ccc(F)cc4c3=O)C(=O)N2C)cc1OC. The molecular formula is C20H16FNO5. The predicted molar refractivity (Wildman–Crippen MR) is 95.9 cm³/mol. The largest absolute Gasteiger partial charge is 0.493 e. The number of benzene rings is 2. The summed E-state index contributed by atoms with van der Waals surface area (Å²) in [5.41, 5.74) is 0.594. The van der Waals surface area contributed by atoms with Crippen LogP contribution in [0.1, 0.15) is 27.7 Å². The Morgan fingerprint density at radius 1 is 1.04 bits per heavy atom. The Morgan fingerprint density at radius 2 is 1.78 bits per heavy atom. The van der Waals surface area contributed by atoms with Crippen LogP contribution in [0.25, 0.3) is 11.0 Å². The maximum atomic E-state index is 13.6. The molecule has 0 fully saturated rings. The van der Waals surface area contributed by atoms with Crippen molar-refractivity contribution in [1.82, 2.24) is 4.90 Å². The van der Waals surface area contributed by atoms with Crippen molar-refractivity contribution >= 4 is 16.9 Å². The van der Waals surface area contributed by atoms with Gasteiger partial charge in [0.05, 0.1) is 31.2 Å². The summed E-state index contributed by atoms with van der Waals surface area (Å²) >= 11 is 0. The first-order valence-electron chi connectivity index (χ1n) is 8.21. The molecule has 1 unspecified atom stereocenters. The van der Waals surface area contributed by atoms with Crippen LogP contribution in [-0.2, 0) is 0 Å². The lowest BCUT2D eigenvalue weighted by atomic mass is 9.98. The Balaban J connectivity index is 1.98. The summed E-state index contributed by atoms with van der Waals surface area (Å²) in [4.78, 5) is 27.2. The number of methoxy groups -OCH3 is 2. The molecule has 1 atom stereocenters. The smallest absolute Gasteiger partial charge is 0.290 e. The average Bonchev–Trinajstić information content (AvgIpc) is 2.93. The summed E-state index contributed by atoms with van der Waals surface area (Å²) in [5.74, 6) is 0.0196. The lowest BCUT2D eigenvalue weighted by Gasteiger charge is -2.21. The van der Waals surface area contributed by atoms with Gasteiger partial charge in [-0.15, -0.1) is 0 Å². The molecule has 138 valence electrons. The average molecular weight is 369 g/mol. The molecule has 7 heteroatoms. The first-order chi connectivity index (χ1) is 13.0. The van der Waals surface area contributed by atoms with Gasteiger partial charge in [0, 0.05) is 7.05 Å². The van der Waals surface area contributed by atoms with Gasteiger partial charge in [0.25, 0.3) is 5.91 Å². The molecule has 0 saturated carbocycles. The van der Waals surface area contributed by atoms with Crippen molar-refractivity contribution in [3.8, 4) is 11.5 Å². The fourth-order valence-corrected chi connectivity index (χ4v) is 3.47. The van der Waals surface area contributed by atoms with Gasteiger partial charge in [0.15, 0.2) is 16.9 Å². The second-order valence-electron chi connectivity index (χ2n) is 6.25.